The predicted molar refractivity (Wildman–Crippen MR) is 60.2 cm³/mol. The summed E-state index contributed by atoms with van der Waals surface area (Å²) in [4.78, 5) is 2.63. The van der Waals surface area contributed by atoms with Crippen molar-refractivity contribution < 1.29 is 0 Å². The van der Waals surface area contributed by atoms with Crippen molar-refractivity contribution in [3.8, 4) is 0 Å². The van der Waals surface area contributed by atoms with Crippen molar-refractivity contribution >= 4 is 0 Å². The fraction of sp³-hybridized carbons (Fsp3) is 1.00. The lowest BCUT2D eigenvalue weighted by Gasteiger charge is -2.49. The van der Waals surface area contributed by atoms with E-state index in [1.165, 1.54) is 32.4 Å². The zero-order valence-electron chi connectivity index (χ0n) is 9.84. The summed E-state index contributed by atoms with van der Waals surface area (Å²) in [5.41, 5.74) is 6.88. The van der Waals surface area contributed by atoms with Crippen molar-refractivity contribution in [3.05, 3.63) is 0 Å². The molecule has 2 aliphatic rings. The molecule has 1 saturated carbocycles. The summed E-state index contributed by atoms with van der Waals surface area (Å²) in [6, 6.07) is 0. The summed E-state index contributed by atoms with van der Waals surface area (Å²) >= 11 is 0. The summed E-state index contributed by atoms with van der Waals surface area (Å²) in [6.07, 6.45) is 3.99. The molecule has 0 spiro atoms. The average molecular weight is 196 g/mol. The summed E-state index contributed by atoms with van der Waals surface area (Å²) in [5.74, 6) is 0.766. The molecule has 1 heterocycles. The topological polar surface area (TPSA) is 29.3 Å². The van der Waals surface area contributed by atoms with E-state index in [0.717, 1.165) is 12.5 Å². The maximum atomic E-state index is 6.05. The standard InChI is InChI=1S/C12H24N2/c1-10-7-11(2,3)8-12(10,9-13)14-5-4-6-14/h10H,4-9,13H2,1-3H3. The predicted octanol–water partition coefficient (Wildman–Crippen LogP) is 1.85. The fourth-order valence-electron chi connectivity index (χ4n) is 3.68. The van der Waals surface area contributed by atoms with Crippen LogP contribution in [0.4, 0.5) is 0 Å². The molecule has 0 aromatic heterocycles. The molecule has 2 N–H and O–H groups in total. The third kappa shape index (κ3) is 1.40. The Labute approximate surface area is 87.8 Å². The molecule has 0 bridgehead atoms. The first-order valence-corrected chi connectivity index (χ1v) is 5.95. The second kappa shape index (κ2) is 3.21. The quantitative estimate of drug-likeness (QED) is 0.730. The number of hydrogen-bond donors (Lipinski definition) is 1. The first-order chi connectivity index (χ1) is 6.50. The molecule has 2 nitrogen and oxygen atoms in total. The average Bonchev–Trinajstić information content (AvgIpc) is 2.19. The summed E-state index contributed by atoms with van der Waals surface area (Å²) in [7, 11) is 0. The monoisotopic (exact) mass is 196 g/mol. The molecule has 2 rings (SSSR count). The molecule has 0 radical (unpaired) electrons. The van der Waals surface area contributed by atoms with Crippen molar-refractivity contribution in [2.45, 2.75) is 45.6 Å². The van der Waals surface area contributed by atoms with Gasteiger partial charge in [0.25, 0.3) is 0 Å². The van der Waals surface area contributed by atoms with E-state index in [9.17, 15) is 0 Å². The van der Waals surface area contributed by atoms with Crippen LogP contribution < -0.4 is 5.73 Å². The molecule has 0 aromatic carbocycles. The zero-order chi connectivity index (χ0) is 10.4. The summed E-state index contributed by atoms with van der Waals surface area (Å²) in [5, 5.41) is 0. The van der Waals surface area contributed by atoms with Gasteiger partial charge in [0.15, 0.2) is 0 Å². The first kappa shape index (κ1) is 10.4. The third-order valence-electron chi connectivity index (χ3n) is 4.40. The van der Waals surface area contributed by atoms with Crippen LogP contribution in [0.5, 0.6) is 0 Å². The van der Waals surface area contributed by atoms with E-state index in [4.69, 9.17) is 5.73 Å². The number of nitrogens with zero attached hydrogens (tertiary/aromatic N) is 1. The maximum absolute atomic E-state index is 6.05. The van der Waals surface area contributed by atoms with Crippen molar-refractivity contribution in [2.24, 2.45) is 17.1 Å². The molecule has 82 valence electrons. The van der Waals surface area contributed by atoms with Gasteiger partial charge in [-0.15, -0.1) is 0 Å². The highest BCUT2D eigenvalue weighted by Crippen LogP contribution is 2.50. The van der Waals surface area contributed by atoms with Crippen molar-refractivity contribution in [1.29, 1.82) is 0 Å². The number of likely N-dealkylation sites (tertiary alicyclic amines) is 1. The molecule has 0 amide bonds. The highest BCUT2D eigenvalue weighted by molar-refractivity contribution is 5.07. The van der Waals surface area contributed by atoms with E-state index in [-0.39, 0.29) is 0 Å². The molecular weight excluding hydrogens is 172 g/mol. The molecule has 0 aromatic rings. The van der Waals surface area contributed by atoms with Crippen LogP contribution in [0.15, 0.2) is 0 Å². The highest BCUT2D eigenvalue weighted by Gasteiger charge is 2.52. The highest BCUT2D eigenvalue weighted by atomic mass is 15.3. The SMILES string of the molecule is CC1CC(C)(C)CC1(CN)N1CCC1. The van der Waals surface area contributed by atoms with Crippen LogP contribution in [0.1, 0.15) is 40.0 Å². The van der Waals surface area contributed by atoms with Crippen molar-refractivity contribution in [2.75, 3.05) is 19.6 Å². The van der Waals surface area contributed by atoms with Gasteiger partial charge in [-0.25, -0.2) is 0 Å². The number of hydrogen-bond acceptors (Lipinski definition) is 2. The molecular formula is C12H24N2. The van der Waals surface area contributed by atoms with E-state index in [1.807, 2.05) is 0 Å². The van der Waals surface area contributed by atoms with Crippen LogP contribution >= 0.6 is 0 Å². The van der Waals surface area contributed by atoms with Gasteiger partial charge in [-0.3, -0.25) is 4.90 Å². The van der Waals surface area contributed by atoms with Crippen molar-refractivity contribution in [1.82, 2.24) is 4.90 Å². The van der Waals surface area contributed by atoms with Crippen LogP contribution in [0.2, 0.25) is 0 Å². The largest absolute Gasteiger partial charge is 0.329 e. The van der Waals surface area contributed by atoms with Crippen molar-refractivity contribution in [3.63, 3.8) is 0 Å². The molecule has 1 saturated heterocycles. The van der Waals surface area contributed by atoms with Crippen LogP contribution in [0.3, 0.4) is 0 Å². The number of rotatable bonds is 2. The van der Waals surface area contributed by atoms with Gasteiger partial charge in [-0.1, -0.05) is 20.8 Å². The third-order valence-corrected chi connectivity index (χ3v) is 4.40. The van der Waals surface area contributed by atoms with Crippen LogP contribution in [0, 0.1) is 11.3 Å². The Morgan fingerprint density at radius 1 is 1.36 bits per heavy atom. The van der Waals surface area contributed by atoms with E-state index < -0.39 is 0 Å². The molecule has 2 atom stereocenters. The molecule has 14 heavy (non-hydrogen) atoms. The first-order valence-electron chi connectivity index (χ1n) is 5.95. The molecule has 2 unspecified atom stereocenters. The maximum Gasteiger partial charge on any atom is 0.0362 e. The zero-order valence-corrected chi connectivity index (χ0v) is 9.84. The van der Waals surface area contributed by atoms with E-state index in [2.05, 4.69) is 25.7 Å². The Hall–Kier alpha value is -0.0800. The van der Waals surface area contributed by atoms with Crippen LogP contribution in [0.25, 0.3) is 0 Å². The molecule has 1 aliphatic heterocycles. The van der Waals surface area contributed by atoms with Gasteiger partial charge in [0.05, 0.1) is 0 Å². The van der Waals surface area contributed by atoms with Gasteiger partial charge in [-0.2, -0.15) is 0 Å². The second-order valence-corrected chi connectivity index (χ2v) is 6.09. The molecule has 2 fully saturated rings. The Balaban J connectivity index is 2.19. The van der Waals surface area contributed by atoms with Gasteiger partial charge in [-0.05, 0) is 43.7 Å². The van der Waals surface area contributed by atoms with Gasteiger partial charge in [0.1, 0.15) is 0 Å². The number of nitrogens with two attached hydrogens (primary N) is 1. The van der Waals surface area contributed by atoms with Crippen LogP contribution in [-0.4, -0.2) is 30.1 Å². The minimum atomic E-state index is 0.335. The van der Waals surface area contributed by atoms with E-state index in [1.54, 1.807) is 0 Å². The normalized spacial score (nSPS) is 42.4. The van der Waals surface area contributed by atoms with E-state index >= 15 is 0 Å². The minimum absolute atomic E-state index is 0.335. The minimum Gasteiger partial charge on any atom is -0.329 e. The second-order valence-electron chi connectivity index (χ2n) is 6.09. The van der Waals surface area contributed by atoms with Crippen LogP contribution in [-0.2, 0) is 0 Å². The Bertz CT molecular complexity index is 220. The Morgan fingerprint density at radius 2 is 2.00 bits per heavy atom. The lowest BCUT2D eigenvalue weighted by molar-refractivity contribution is 0.00760. The van der Waals surface area contributed by atoms with Gasteiger partial charge in [0.2, 0.25) is 0 Å². The summed E-state index contributed by atoms with van der Waals surface area (Å²) < 4.78 is 0. The lowest BCUT2D eigenvalue weighted by Crippen LogP contribution is -2.60. The smallest absolute Gasteiger partial charge is 0.0362 e. The summed E-state index contributed by atoms with van der Waals surface area (Å²) in [6.45, 7) is 10.6. The van der Waals surface area contributed by atoms with E-state index in [0.29, 0.717) is 11.0 Å². The van der Waals surface area contributed by atoms with Gasteiger partial charge in [0, 0.05) is 12.1 Å². The molecule has 1 aliphatic carbocycles. The Kier molecular flexibility index (Phi) is 2.39. The van der Waals surface area contributed by atoms with Gasteiger partial charge >= 0.3 is 0 Å². The lowest BCUT2D eigenvalue weighted by atomic mass is 9.82. The Morgan fingerprint density at radius 3 is 2.29 bits per heavy atom. The van der Waals surface area contributed by atoms with Gasteiger partial charge < -0.3 is 5.73 Å². The molecule has 2 heteroatoms. The fourth-order valence-corrected chi connectivity index (χ4v) is 3.68.